The van der Waals surface area contributed by atoms with Gasteiger partial charge in [0.25, 0.3) is 0 Å². The number of hydrogen-bond donors (Lipinski definition) is 1. The molecule has 20 heavy (non-hydrogen) atoms. The zero-order valence-corrected chi connectivity index (χ0v) is 12.8. The molecule has 1 aromatic carbocycles. The smallest absolute Gasteiger partial charge is 0.127 e. The molecule has 1 atom stereocenters. The average molecular weight is 279 g/mol. The number of ether oxygens (including phenoxy) is 2. The van der Waals surface area contributed by atoms with E-state index in [9.17, 15) is 5.11 Å². The van der Waals surface area contributed by atoms with Crippen LogP contribution in [-0.2, 0) is 0 Å². The standard InChI is InChI=1S/C16H25NO3/c1-16(2,18)11-17-9-5-6-14(17)13-8-7-12(19-3)10-15(13)20-4/h7-8,10,14,18H,5-6,9,11H2,1-4H3. The van der Waals surface area contributed by atoms with Gasteiger partial charge in [0.05, 0.1) is 19.8 Å². The Kier molecular flexibility index (Phi) is 4.55. The van der Waals surface area contributed by atoms with Crippen molar-refractivity contribution < 1.29 is 14.6 Å². The van der Waals surface area contributed by atoms with Gasteiger partial charge in [-0.2, -0.15) is 0 Å². The van der Waals surface area contributed by atoms with E-state index in [2.05, 4.69) is 11.0 Å². The van der Waals surface area contributed by atoms with E-state index >= 15 is 0 Å². The highest BCUT2D eigenvalue weighted by atomic mass is 16.5. The van der Waals surface area contributed by atoms with E-state index < -0.39 is 5.60 Å². The van der Waals surface area contributed by atoms with Crippen molar-refractivity contribution in [2.24, 2.45) is 0 Å². The van der Waals surface area contributed by atoms with Crippen LogP contribution >= 0.6 is 0 Å². The lowest BCUT2D eigenvalue weighted by molar-refractivity contribution is 0.0314. The maximum atomic E-state index is 10.1. The molecule has 1 heterocycles. The molecule has 1 aliphatic heterocycles. The number of nitrogens with zero attached hydrogens (tertiary/aromatic N) is 1. The second-order valence-electron chi connectivity index (χ2n) is 6.05. The number of aliphatic hydroxyl groups is 1. The first-order valence-corrected chi connectivity index (χ1v) is 7.13. The van der Waals surface area contributed by atoms with Crippen LogP contribution in [0.5, 0.6) is 11.5 Å². The molecule has 2 rings (SSSR count). The fourth-order valence-electron chi connectivity index (χ4n) is 2.96. The van der Waals surface area contributed by atoms with Crippen molar-refractivity contribution in [2.75, 3.05) is 27.3 Å². The summed E-state index contributed by atoms with van der Waals surface area (Å²) in [6.45, 7) is 5.40. The van der Waals surface area contributed by atoms with Crippen LogP contribution < -0.4 is 9.47 Å². The fourth-order valence-corrected chi connectivity index (χ4v) is 2.96. The lowest BCUT2D eigenvalue weighted by atomic mass is 10.0. The molecule has 1 aromatic rings. The van der Waals surface area contributed by atoms with Crippen molar-refractivity contribution in [2.45, 2.75) is 38.3 Å². The van der Waals surface area contributed by atoms with Gasteiger partial charge in [-0.15, -0.1) is 0 Å². The summed E-state index contributed by atoms with van der Waals surface area (Å²) in [5, 5.41) is 10.1. The lowest BCUT2D eigenvalue weighted by Crippen LogP contribution is -2.38. The van der Waals surface area contributed by atoms with E-state index in [0.717, 1.165) is 30.9 Å². The maximum absolute atomic E-state index is 10.1. The Labute approximate surface area is 121 Å². The third-order valence-corrected chi connectivity index (χ3v) is 3.75. The predicted octanol–water partition coefficient (Wildman–Crippen LogP) is 2.61. The van der Waals surface area contributed by atoms with Gasteiger partial charge in [-0.3, -0.25) is 4.90 Å². The van der Waals surface area contributed by atoms with Crippen LogP contribution in [0.3, 0.4) is 0 Å². The fraction of sp³-hybridized carbons (Fsp3) is 0.625. The molecule has 0 amide bonds. The van der Waals surface area contributed by atoms with E-state index in [4.69, 9.17) is 9.47 Å². The molecule has 1 fully saturated rings. The Balaban J connectivity index is 2.25. The molecule has 0 radical (unpaired) electrons. The van der Waals surface area contributed by atoms with Gasteiger partial charge in [0, 0.05) is 24.2 Å². The SMILES string of the molecule is COc1ccc(C2CCCN2CC(C)(C)O)c(OC)c1. The minimum Gasteiger partial charge on any atom is -0.497 e. The summed E-state index contributed by atoms with van der Waals surface area (Å²) in [5.41, 5.74) is 0.498. The van der Waals surface area contributed by atoms with Crippen LogP contribution in [0, 0.1) is 0 Å². The highest BCUT2D eigenvalue weighted by Gasteiger charge is 2.31. The first-order chi connectivity index (χ1) is 9.44. The van der Waals surface area contributed by atoms with Gasteiger partial charge in [-0.1, -0.05) is 6.07 Å². The van der Waals surface area contributed by atoms with Crippen molar-refractivity contribution in [3.63, 3.8) is 0 Å². The Morgan fingerprint density at radius 3 is 2.65 bits per heavy atom. The van der Waals surface area contributed by atoms with Crippen molar-refractivity contribution in [3.8, 4) is 11.5 Å². The topological polar surface area (TPSA) is 41.9 Å². The summed E-state index contributed by atoms with van der Waals surface area (Å²) in [5.74, 6) is 1.66. The van der Waals surface area contributed by atoms with Crippen LogP contribution in [0.15, 0.2) is 18.2 Å². The zero-order valence-electron chi connectivity index (χ0n) is 12.8. The highest BCUT2D eigenvalue weighted by molar-refractivity contribution is 5.42. The zero-order chi connectivity index (χ0) is 14.8. The van der Waals surface area contributed by atoms with Crippen molar-refractivity contribution in [3.05, 3.63) is 23.8 Å². The molecular weight excluding hydrogens is 254 g/mol. The van der Waals surface area contributed by atoms with Crippen LogP contribution in [0.2, 0.25) is 0 Å². The second kappa shape index (κ2) is 6.02. The summed E-state index contributed by atoms with van der Waals surface area (Å²) < 4.78 is 10.8. The summed E-state index contributed by atoms with van der Waals surface area (Å²) in [6, 6.07) is 6.28. The van der Waals surface area contributed by atoms with Crippen LogP contribution in [0.1, 0.15) is 38.3 Å². The van der Waals surface area contributed by atoms with Gasteiger partial charge in [-0.05, 0) is 39.3 Å². The first kappa shape index (κ1) is 15.1. The normalized spacial score (nSPS) is 20.1. The second-order valence-corrected chi connectivity index (χ2v) is 6.05. The number of likely N-dealkylation sites (tertiary alicyclic amines) is 1. The molecule has 0 aliphatic carbocycles. The molecule has 1 N–H and O–H groups in total. The van der Waals surface area contributed by atoms with Crippen molar-refractivity contribution >= 4 is 0 Å². The van der Waals surface area contributed by atoms with Gasteiger partial charge in [-0.25, -0.2) is 0 Å². The molecule has 0 bridgehead atoms. The molecule has 112 valence electrons. The van der Waals surface area contributed by atoms with E-state index in [0.29, 0.717) is 12.6 Å². The third-order valence-electron chi connectivity index (χ3n) is 3.75. The molecule has 1 saturated heterocycles. The van der Waals surface area contributed by atoms with Gasteiger partial charge < -0.3 is 14.6 Å². The Morgan fingerprint density at radius 1 is 1.30 bits per heavy atom. The number of benzene rings is 1. The first-order valence-electron chi connectivity index (χ1n) is 7.13. The minimum atomic E-state index is -0.678. The monoisotopic (exact) mass is 279 g/mol. The van der Waals surface area contributed by atoms with Gasteiger partial charge in [0.15, 0.2) is 0 Å². The third kappa shape index (κ3) is 3.44. The molecule has 1 unspecified atom stereocenters. The van der Waals surface area contributed by atoms with Crippen molar-refractivity contribution in [1.29, 1.82) is 0 Å². The van der Waals surface area contributed by atoms with E-state index in [1.165, 1.54) is 5.56 Å². The minimum absolute atomic E-state index is 0.308. The summed E-state index contributed by atoms with van der Waals surface area (Å²) in [6.07, 6.45) is 2.24. The maximum Gasteiger partial charge on any atom is 0.127 e. The van der Waals surface area contributed by atoms with E-state index in [1.807, 2.05) is 26.0 Å². The Morgan fingerprint density at radius 2 is 2.05 bits per heavy atom. The van der Waals surface area contributed by atoms with Gasteiger partial charge >= 0.3 is 0 Å². The highest BCUT2D eigenvalue weighted by Crippen LogP contribution is 2.39. The number of rotatable bonds is 5. The molecular formula is C16H25NO3. The summed E-state index contributed by atoms with van der Waals surface area (Å²) in [7, 11) is 3.35. The number of methoxy groups -OCH3 is 2. The Bertz CT molecular complexity index is 454. The molecule has 0 saturated carbocycles. The predicted molar refractivity (Wildman–Crippen MR) is 79.4 cm³/mol. The summed E-state index contributed by atoms with van der Waals surface area (Å²) >= 11 is 0. The summed E-state index contributed by atoms with van der Waals surface area (Å²) in [4.78, 5) is 2.34. The molecule has 0 aromatic heterocycles. The number of β-amino-alcohol motifs (C(OH)–C–C–N with tert-alkyl or cyclic N) is 1. The quantitative estimate of drug-likeness (QED) is 0.899. The van der Waals surface area contributed by atoms with Crippen LogP contribution in [0.25, 0.3) is 0 Å². The van der Waals surface area contributed by atoms with Crippen molar-refractivity contribution in [1.82, 2.24) is 4.90 Å². The van der Waals surface area contributed by atoms with E-state index in [1.54, 1.807) is 14.2 Å². The molecule has 1 aliphatic rings. The van der Waals surface area contributed by atoms with Crippen LogP contribution in [-0.4, -0.2) is 42.9 Å². The largest absolute Gasteiger partial charge is 0.497 e. The average Bonchev–Trinajstić information content (AvgIpc) is 2.83. The number of hydrogen-bond acceptors (Lipinski definition) is 4. The molecule has 4 heteroatoms. The van der Waals surface area contributed by atoms with Gasteiger partial charge in [0.2, 0.25) is 0 Å². The van der Waals surface area contributed by atoms with E-state index in [-0.39, 0.29) is 0 Å². The lowest BCUT2D eigenvalue weighted by Gasteiger charge is -2.31. The Hall–Kier alpha value is -1.26. The molecule has 4 nitrogen and oxygen atoms in total. The van der Waals surface area contributed by atoms with Crippen LogP contribution in [0.4, 0.5) is 0 Å². The molecule has 0 spiro atoms. The van der Waals surface area contributed by atoms with Gasteiger partial charge in [0.1, 0.15) is 11.5 Å².